The number of carbonyl (C=O) groups is 1. The number of para-hydroxylation sites is 1. The van der Waals surface area contributed by atoms with Crippen LogP contribution in [0.1, 0.15) is 40.7 Å². The summed E-state index contributed by atoms with van der Waals surface area (Å²) in [7, 11) is 0. The Kier molecular flexibility index (Phi) is 7.00. The molecule has 172 valence electrons. The monoisotopic (exact) mass is 455 g/mol. The molecule has 4 rings (SSSR count). The van der Waals surface area contributed by atoms with Gasteiger partial charge in [0.05, 0.1) is 28.2 Å². The third-order valence-electron chi connectivity index (χ3n) is 6.37. The van der Waals surface area contributed by atoms with E-state index in [0.29, 0.717) is 30.8 Å². The van der Waals surface area contributed by atoms with Crippen LogP contribution in [0.3, 0.4) is 0 Å². The number of nitriles is 1. The lowest BCUT2D eigenvalue weighted by Crippen LogP contribution is -2.50. The average Bonchev–Trinajstić information content (AvgIpc) is 2.89. The van der Waals surface area contributed by atoms with Gasteiger partial charge in [0.15, 0.2) is 5.78 Å². The van der Waals surface area contributed by atoms with Crippen LogP contribution in [-0.2, 0) is 0 Å². The Morgan fingerprint density at radius 2 is 1.76 bits per heavy atom. The molecule has 34 heavy (non-hydrogen) atoms. The Bertz CT molecular complexity index is 1200. The third kappa shape index (κ3) is 4.98. The number of nitro benzene ring substituents is 1. The maximum atomic E-state index is 13.2. The number of hydrogen-bond donors (Lipinski definition) is 0. The molecule has 3 atom stereocenters. The molecule has 3 aromatic carbocycles. The second-order valence-corrected chi connectivity index (χ2v) is 8.41. The van der Waals surface area contributed by atoms with E-state index in [1.165, 1.54) is 12.1 Å². The van der Waals surface area contributed by atoms with Crippen LogP contribution in [0.15, 0.2) is 78.9 Å². The van der Waals surface area contributed by atoms with Gasteiger partial charge in [0.1, 0.15) is 11.9 Å². The summed E-state index contributed by atoms with van der Waals surface area (Å²) in [6.45, 7) is 3.01. The maximum absolute atomic E-state index is 13.2. The molecule has 0 bridgehead atoms. The number of ether oxygens (including phenoxy) is 1. The van der Waals surface area contributed by atoms with Crippen molar-refractivity contribution in [2.24, 2.45) is 0 Å². The van der Waals surface area contributed by atoms with E-state index in [0.717, 1.165) is 5.56 Å². The van der Waals surface area contributed by atoms with E-state index in [1.54, 1.807) is 36.4 Å². The Balaban J connectivity index is 1.56. The third-order valence-corrected chi connectivity index (χ3v) is 6.37. The lowest BCUT2D eigenvalue weighted by molar-refractivity contribution is -0.385. The molecule has 0 aliphatic carbocycles. The summed E-state index contributed by atoms with van der Waals surface area (Å²) in [5, 5.41) is 20.5. The summed E-state index contributed by atoms with van der Waals surface area (Å²) in [6, 6.07) is 24.8. The predicted octanol–water partition coefficient (Wildman–Crippen LogP) is 4.97. The molecule has 1 saturated heterocycles. The molecular weight excluding hydrogens is 430 g/mol. The molecule has 1 aliphatic heterocycles. The second-order valence-electron chi connectivity index (χ2n) is 8.41. The van der Waals surface area contributed by atoms with Crippen molar-refractivity contribution in [3.63, 3.8) is 0 Å². The van der Waals surface area contributed by atoms with E-state index >= 15 is 0 Å². The number of nitro groups is 1. The number of nitrogens with zero attached hydrogens (tertiary/aromatic N) is 3. The first-order chi connectivity index (χ1) is 16.5. The number of ketones is 1. The van der Waals surface area contributed by atoms with Crippen molar-refractivity contribution >= 4 is 11.5 Å². The van der Waals surface area contributed by atoms with Gasteiger partial charge in [-0.15, -0.1) is 0 Å². The molecule has 3 aromatic rings. The SMILES string of the molecule is CC(C(=O)c1ccccc1[N+](=O)[O-])N1CCC(Oc2ccc(C#N)cc2)C(c2ccccc2)C1. The van der Waals surface area contributed by atoms with E-state index in [-0.39, 0.29) is 29.1 Å². The summed E-state index contributed by atoms with van der Waals surface area (Å²) >= 11 is 0. The minimum Gasteiger partial charge on any atom is -0.490 e. The number of hydrogen-bond acceptors (Lipinski definition) is 6. The number of benzene rings is 3. The molecule has 1 fully saturated rings. The van der Waals surface area contributed by atoms with E-state index in [4.69, 9.17) is 10.00 Å². The first-order valence-corrected chi connectivity index (χ1v) is 11.2. The lowest BCUT2D eigenvalue weighted by atomic mass is 9.86. The van der Waals surface area contributed by atoms with Crippen molar-refractivity contribution in [3.05, 3.63) is 106 Å². The van der Waals surface area contributed by atoms with E-state index in [1.807, 2.05) is 25.1 Å². The number of carbonyl (C=O) groups excluding carboxylic acids is 1. The van der Waals surface area contributed by atoms with Crippen LogP contribution in [0.5, 0.6) is 5.75 Å². The van der Waals surface area contributed by atoms with Gasteiger partial charge in [-0.1, -0.05) is 42.5 Å². The number of rotatable bonds is 7. The van der Waals surface area contributed by atoms with Gasteiger partial charge in [-0.3, -0.25) is 19.8 Å². The smallest absolute Gasteiger partial charge is 0.280 e. The zero-order valence-corrected chi connectivity index (χ0v) is 18.8. The highest BCUT2D eigenvalue weighted by atomic mass is 16.6. The van der Waals surface area contributed by atoms with Crippen LogP contribution in [-0.4, -0.2) is 40.8 Å². The molecule has 0 amide bonds. The molecule has 0 aromatic heterocycles. The Morgan fingerprint density at radius 3 is 2.44 bits per heavy atom. The molecule has 0 spiro atoms. The van der Waals surface area contributed by atoms with Crippen LogP contribution >= 0.6 is 0 Å². The highest BCUT2D eigenvalue weighted by Gasteiger charge is 2.36. The average molecular weight is 456 g/mol. The van der Waals surface area contributed by atoms with Crippen molar-refractivity contribution < 1.29 is 14.5 Å². The van der Waals surface area contributed by atoms with Crippen molar-refractivity contribution in [2.45, 2.75) is 31.4 Å². The molecule has 1 aliphatic rings. The summed E-state index contributed by atoms with van der Waals surface area (Å²) in [4.78, 5) is 26.2. The van der Waals surface area contributed by atoms with Gasteiger partial charge < -0.3 is 4.74 Å². The fraction of sp³-hybridized carbons (Fsp3) is 0.259. The minimum absolute atomic E-state index is 0.00611. The fourth-order valence-corrected chi connectivity index (χ4v) is 4.48. The molecule has 3 unspecified atom stereocenters. The van der Waals surface area contributed by atoms with Gasteiger partial charge in [-0.25, -0.2) is 0 Å². The number of likely N-dealkylation sites (tertiary alicyclic amines) is 1. The van der Waals surface area contributed by atoms with Crippen molar-refractivity contribution in [2.75, 3.05) is 13.1 Å². The van der Waals surface area contributed by atoms with Crippen LogP contribution in [0, 0.1) is 21.4 Å². The van der Waals surface area contributed by atoms with Crippen molar-refractivity contribution in [1.82, 2.24) is 4.90 Å². The molecule has 0 saturated carbocycles. The zero-order chi connectivity index (χ0) is 24.1. The number of piperidine rings is 1. The zero-order valence-electron chi connectivity index (χ0n) is 18.8. The van der Waals surface area contributed by atoms with Gasteiger partial charge in [0.2, 0.25) is 0 Å². The lowest BCUT2D eigenvalue weighted by Gasteiger charge is -2.41. The Morgan fingerprint density at radius 1 is 1.09 bits per heavy atom. The quantitative estimate of drug-likeness (QED) is 0.283. The predicted molar refractivity (Wildman–Crippen MR) is 128 cm³/mol. The first-order valence-electron chi connectivity index (χ1n) is 11.2. The van der Waals surface area contributed by atoms with Gasteiger partial charge in [0, 0.05) is 25.1 Å². The second kappa shape index (κ2) is 10.3. The minimum atomic E-state index is -0.511. The molecule has 0 radical (unpaired) electrons. The molecule has 0 N–H and O–H groups in total. The standard InChI is InChI=1S/C27H25N3O4/c1-19(27(31)23-9-5-6-10-25(23)30(32)33)29-16-15-26(24(18-29)21-7-3-2-4-8-21)34-22-13-11-20(17-28)12-14-22/h2-14,19,24,26H,15-16,18H2,1H3. The summed E-state index contributed by atoms with van der Waals surface area (Å²) in [6.07, 6.45) is 0.577. The highest BCUT2D eigenvalue weighted by Crippen LogP contribution is 2.33. The molecule has 7 heteroatoms. The van der Waals surface area contributed by atoms with Crippen LogP contribution < -0.4 is 4.74 Å². The van der Waals surface area contributed by atoms with Crippen LogP contribution in [0.2, 0.25) is 0 Å². The van der Waals surface area contributed by atoms with Crippen LogP contribution in [0.25, 0.3) is 0 Å². The topological polar surface area (TPSA) is 96.5 Å². The molecule has 7 nitrogen and oxygen atoms in total. The van der Waals surface area contributed by atoms with Gasteiger partial charge in [-0.2, -0.15) is 5.26 Å². The largest absolute Gasteiger partial charge is 0.490 e. The summed E-state index contributed by atoms with van der Waals surface area (Å²) in [5.41, 5.74) is 1.64. The Labute approximate surface area is 198 Å². The summed E-state index contributed by atoms with van der Waals surface area (Å²) < 4.78 is 6.34. The number of Topliss-reactive ketones (excluding diaryl/α,β-unsaturated/α-hetero) is 1. The normalized spacial score (nSPS) is 19.1. The highest BCUT2D eigenvalue weighted by molar-refractivity contribution is 6.03. The molecule has 1 heterocycles. The molecular formula is C27H25N3O4. The fourth-order valence-electron chi connectivity index (χ4n) is 4.48. The van der Waals surface area contributed by atoms with E-state index in [2.05, 4.69) is 23.1 Å². The first kappa shape index (κ1) is 23.1. The van der Waals surface area contributed by atoms with Crippen LogP contribution in [0.4, 0.5) is 5.69 Å². The summed E-state index contributed by atoms with van der Waals surface area (Å²) in [5.74, 6) is 0.444. The van der Waals surface area contributed by atoms with Gasteiger partial charge in [0.25, 0.3) is 5.69 Å². The van der Waals surface area contributed by atoms with E-state index < -0.39 is 11.0 Å². The van der Waals surface area contributed by atoms with Gasteiger partial charge in [-0.05, 0) is 49.2 Å². The van der Waals surface area contributed by atoms with E-state index in [9.17, 15) is 14.9 Å². The Hall–Kier alpha value is -4.02. The van der Waals surface area contributed by atoms with Crippen molar-refractivity contribution in [3.8, 4) is 11.8 Å². The maximum Gasteiger partial charge on any atom is 0.280 e. The van der Waals surface area contributed by atoms with Gasteiger partial charge >= 0.3 is 0 Å². The van der Waals surface area contributed by atoms with Crippen molar-refractivity contribution in [1.29, 1.82) is 5.26 Å².